The van der Waals surface area contributed by atoms with Crippen LogP contribution in [0, 0.1) is 5.92 Å². The summed E-state index contributed by atoms with van der Waals surface area (Å²) in [7, 11) is 0. The van der Waals surface area contributed by atoms with Crippen molar-refractivity contribution in [3.8, 4) is 0 Å². The average molecular weight is 319 g/mol. The minimum atomic E-state index is -1.00. The highest BCUT2D eigenvalue weighted by molar-refractivity contribution is 5.83. The van der Waals surface area contributed by atoms with Gasteiger partial charge >= 0.3 is 5.97 Å². The molecule has 23 heavy (non-hydrogen) atoms. The van der Waals surface area contributed by atoms with Gasteiger partial charge in [-0.05, 0) is 36.3 Å². The maximum absolute atomic E-state index is 12.4. The molecule has 0 saturated carbocycles. The van der Waals surface area contributed by atoms with Crippen LogP contribution in [0.3, 0.4) is 0 Å². The van der Waals surface area contributed by atoms with Crippen LogP contribution in [0.5, 0.6) is 0 Å². The Labute approximate surface area is 137 Å². The average Bonchev–Trinajstić information content (AvgIpc) is 3.02. The first kappa shape index (κ1) is 17.5. The molecule has 1 fully saturated rings. The first-order valence-electron chi connectivity index (χ1n) is 8.19. The molecule has 2 rings (SSSR count). The van der Waals surface area contributed by atoms with Crippen molar-refractivity contribution in [2.45, 2.75) is 58.3 Å². The molecule has 0 bridgehead atoms. The van der Waals surface area contributed by atoms with Gasteiger partial charge in [0.25, 0.3) is 0 Å². The van der Waals surface area contributed by atoms with Gasteiger partial charge in [0.05, 0.1) is 6.04 Å². The Bertz CT molecular complexity index is 553. The summed E-state index contributed by atoms with van der Waals surface area (Å²) in [5.41, 5.74) is 2.31. The van der Waals surface area contributed by atoms with E-state index < -0.39 is 18.2 Å². The number of carbonyl (C=O) groups is 2. The van der Waals surface area contributed by atoms with Crippen molar-refractivity contribution >= 4 is 11.9 Å². The third-order valence-electron chi connectivity index (χ3n) is 4.30. The van der Waals surface area contributed by atoms with Gasteiger partial charge in [0.1, 0.15) is 6.10 Å². The van der Waals surface area contributed by atoms with Crippen LogP contribution in [0.4, 0.5) is 0 Å². The molecular weight excluding hydrogens is 294 g/mol. The summed E-state index contributed by atoms with van der Waals surface area (Å²) in [6.07, 6.45) is 0.262. The lowest BCUT2D eigenvalue weighted by atomic mass is 9.94. The van der Waals surface area contributed by atoms with Crippen molar-refractivity contribution < 1.29 is 19.4 Å². The lowest BCUT2D eigenvalue weighted by Crippen LogP contribution is -2.39. The minimum absolute atomic E-state index is 0.110. The molecule has 1 aromatic rings. The molecule has 5 heteroatoms. The van der Waals surface area contributed by atoms with Gasteiger partial charge in [-0.1, -0.05) is 45.0 Å². The summed E-state index contributed by atoms with van der Waals surface area (Å²) in [5, 5.41) is 12.0. The van der Waals surface area contributed by atoms with Gasteiger partial charge in [0.2, 0.25) is 5.91 Å². The number of amides is 1. The van der Waals surface area contributed by atoms with Gasteiger partial charge in [-0.3, -0.25) is 4.79 Å². The Morgan fingerprint density at radius 3 is 2.30 bits per heavy atom. The van der Waals surface area contributed by atoms with Crippen molar-refractivity contribution in [3.63, 3.8) is 0 Å². The zero-order valence-electron chi connectivity index (χ0n) is 13.9. The highest BCUT2D eigenvalue weighted by Crippen LogP contribution is 2.25. The van der Waals surface area contributed by atoms with E-state index in [1.54, 1.807) is 0 Å². The molecule has 1 amide bonds. The SMILES string of the molecule is CCc1ccc(C(NC(=O)[C@@H]2CC[C@H](C(=O)O)O2)C(C)C)cc1. The van der Waals surface area contributed by atoms with E-state index >= 15 is 0 Å². The summed E-state index contributed by atoms with van der Waals surface area (Å²) < 4.78 is 5.33. The Balaban J connectivity index is 2.04. The molecule has 126 valence electrons. The molecule has 0 aliphatic carbocycles. The van der Waals surface area contributed by atoms with Crippen LogP contribution in [0.2, 0.25) is 0 Å². The predicted octanol–water partition coefficient (Wildman–Crippen LogP) is 2.69. The lowest BCUT2D eigenvalue weighted by molar-refractivity contribution is -0.152. The van der Waals surface area contributed by atoms with Crippen LogP contribution in [-0.2, 0) is 20.7 Å². The van der Waals surface area contributed by atoms with Gasteiger partial charge in [0, 0.05) is 0 Å². The van der Waals surface area contributed by atoms with E-state index in [0.29, 0.717) is 12.8 Å². The van der Waals surface area contributed by atoms with Crippen LogP contribution < -0.4 is 5.32 Å². The maximum Gasteiger partial charge on any atom is 0.332 e. The minimum Gasteiger partial charge on any atom is -0.479 e. The van der Waals surface area contributed by atoms with E-state index in [4.69, 9.17) is 9.84 Å². The Hall–Kier alpha value is -1.88. The number of aliphatic carboxylic acids is 1. The van der Waals surface area contributed by atoms with Crippen LogP contribution in [0.1, 0.15) is 50.8 Å². The van der Waals surface area contributed by atoms with Crippen molar-refractivity contribution in [1.29, 1.82) is 0 Å². The number of nitrogens with one attached hydrogen (secondary N) is 1. The monoisotopic (exact) mass is 319 g/mol. The summed E-state index contributed by atoms with van der Waals surface area (Å²) >= 11 is 0. The van der Waals surface area contributed by atoms with Crippen LogP contribution in [0.15, 0.2) is 24.3 Å². The number of carboxylic acid groups (broad SMARTS) is 1. The molecule has 0 aromatic heterocycles. The number of carbonyl (C=O) groups excluding carboxylic acids is 1. The van der Waals surface area contributed by atoms with Crippen LogP contribution >= 0.6 is 0 Å². The zero-order valence-corrected chi connectivity index (χ0v) is 13.9. The second-order valence-electron chi connectivity index (χ2n) is 6.35. The normalized spacial score (nSPS) is 22.1. The number of rotatable bonds is 6. The molecule has 1 unspecified atom stereocenters. The molecule has 1 aliphatic heterocycles. The second-order valence-corrected chi connectivity index (χ2v) is 6.35. The van der Waals surface area contributed by atoms with E-state index in [1.165, 1.54) is 5.56 Å². The number of aryl methyl sites for hydroxylation is 1. The number of ether oxygens (including phenoxy) is 1. The van der Waals surface area contributed by atoms with Crippen molar-refractivity contribution in [3.05, 3.63) is 35.4 Å². The van der Waals surface area contributed by atoms with Gasteiger partial charge in [-0.15, -0.1) is 0 Å². The molecule has 1 aliphatic rings. The molecule has 3 atom stereocenters. The lowest BCUT2D eigenvalue weighted by Gasteiger charge is -2.24. The summed E-state index contributed by atoms with van der Waals surface area (Å²) in [4.78, 5) is 23.3. The van der Waals surface area contributed by atoms with Crippen molar-refractivity contribution in [2.24, 2.45) is 5.92 Å². The molecule has 5 nitrogen and oxygen atoms in total. The molecular formula is C18H25NO4. The van der Waals surface area contributed by atoms with Gasteiger partial charge in [0.15, 0.2) is 6.10 Å². The molecule has 0 spiro atoms. The van der Waals surface area contributed by atoms with Crippen molar-refractivity contribution in [1.82, 2.24) is 5.32 Å². The van der Waals surface area contributed by atoms with Gasteiger partial charge in [-0.25, -0.2) is 4.79 Å². The fraction of sp³-hybridized carbons (Fsp3) is 0.556. The molecule has 0 radical (unpaired) electrons. The number of hydrogen-bond acceptors (Lipinski definition) is 3. The smallest absolute Gasteiger partial charge is 0.332 e. The third kappa shape index (κ3) is 4.32. The molecule has 1 aromatic carbocycles. The van der Waals surface area contributed by atoms with E-state index in [9.17, 15) is 9.59 Å². The maximum atomic E-state index is 12.4. The first-order valence-corrected chi connectivity index (χ1v) is 8.19. The summed E-state index contributed by atoms with van der Waals surface area (Å²) in [6, 6.07) is 8.12. The highest BCUT2D eigenvalue weighted by Gasteiger charge is 2.35. The van der Waals surface area contributed by atoms with Crippen molar-refractivity contribution in [2.75, 3.05) is 0 Å². The largest absolute Gasteiger partial charge is 0.479 e. The Kier molecular flexibility index (Phi) is 5.77. The molecule has 2 N–H and O–H groups in total. The molecule has 1 saturated heterocycles. The van der Waals surface area contributed by atoms with Gasteiger partial charge < -0.3 is 15.2 Å². The van der Waals surface area contributed by atoms with E-state index in [0.717, 1.165) is 12.0 Å². The Morgan fingerprint density at radius 2 is 1.83 bits per heavy atom. The molecule has 1 heterocycles. The van der Waals surface area contributed by atoms with Gasteiger partial charge in [-0.2, -0.15) is 0 Å². The summed E-state index contributed by atoms with van der Waals surface area (Å²) in [6.45, 7) is 6.20. The standard InChI is InChI=1S/C18H25NO4/c1-4-12-5-7-13(8-6-12)16(11(2)3)19-17(20)14-9-10-15(23-14)18(21)22/h5-8,11,14-16H,4,9-10H2,1-3H3,(H,19,20)(H,21,22)/t14-,15+,16?/m0/s1. The quantitative estimate of drug-likeness (QED) is 0.845. The fourth-order valence-corrected chi connectivity index (χ4v) is 2.85. The number of hydrogen-bond donors (Lipinski definition) is 2. The Morgan fingerprint density at radius 1 is 1.22 bits per heavy atom. The number of benzene rings is 1. The van der Waals surface area contributed by atoms with Crippen LogP contribution in [0.25, 0.3) is 0 Å². The van der Waals surface area contributed by atoms with Crippen LogP contribution in [-0.4, -0.2) is 29.2 Å². The fourth-order valence-electron chi connectivity index (χ4n) is 2.85. The zero-order chi connectivity index (χ0) is 17.0. The third-order valence-corrected chi connectivity index (χ3v) is 4.30. The van der Waals surface area contributed by atoms with E-state index in [2.05, 4.69) is 24.4 Å². The highest BCUT2D eigenvalue weighted by atomic mass is 16.5. The van der Waals surface area contributed by atoms with E-state index in [1.807, 2.05) is 26.0 Å². The first-order chi connectivity index (χ1) is 10.9. The topological polar surface area (TPSA) is 75.6 Å². The summed E-state index contributed by atoms with van der Waals surface area (Å²) in [5.74, 6) is -1.01. The second kappa shape index (κ2) is 7.59. The van der Waals surface area contributed by atoms with E-state index in [-0.39, 0.29) is 17.9 Å². The number of carboxylic acids is 1. The predicted molar refractivity (Wildman–Crippen MR) is 87.1 cm³/mol.